The molecule has 102 valence electrons. The molecule has 18 heavy (non-hydrogen) atoms. The van der Waals surface area contributed by atoms with Crippen molar-refractivity contribution in [3.63, 3.8) is 0 Å². The summed E-state index contributed by atoms with van der Waals surface area (Å²) >= 11 is 0. The molecule has 1 aromatic heterocycles. The number of aliphatic hydroxyl groups is 1. The third-order valence-electron chi connectivity index (χ3n) is 2.40. The number of nitrogens with zero attached hydrogens (tertiary/aromatic N) is 1. The van der Waals surface area contributed by atoms with Crippen LogP contribution in [-0.4, -0.2) is 34.8 Å². The molecule has 1 unspecified atom stereocenters. The summed E-state index contributed by atoms with van der Waals surface area (Å²) in [7, 11) is 0. The molecule has 1 atom stereocenters. The van der Waals surface area contributed by atoms with Gasteiger partial charge >= 0.3 is 5.97 Å². The summed E-state index contributed by atoms with van der Waals surface area (Å²) in [6, 6.07) is 0.203. The van der Waals surface area contributed by atoms with Gasteiger partial charge in [0.2, 0.25) is 0 Å². The third kappa shape index (κ3) is 4.37. The van der Waals surface area contributed by atoms with E-state index in [0.717, 1.165) is 6.42 Å². The van der Waals surface area contributed by atoms with Crippen LogP contribution in [0.3, 0.4) is 0 Å². The number of esters is 1. The number of nitrogens with one attached hydrogen (secondary N) is 1. The van der Waals surface area contributed by atoms with Crippen molar-refractivity contribution in [3.05, 3.63) is 12.0 Å². The van der Waals surface area contributed by atoms with Gasteiger partial charge in [0.05, 0.1) is 12.2 Å². The molecule has 6 nitrogen and oxygen atoms in total. The molecular formula is C12H20N2O4. The Bertz CT molecular complexity index is 387. The van der Waals surface area contributed by atoms with Gasteiger partial charge in [-0.3, -0.25) is 0 Å². The van der Waals surface area contributed by atoms with Gasteiger partial charge < -0.3 is 19.6 Å². The summed E-state index contributed by atoms with van der Waals surface area (Å²) in [5.74, 6) is -0.519. The molecule has 0 saturated heterocycles. The van der Waals surface area contributed by atoms with E-state index < -0.39 is 11.6 Å². The van der Waals surface area contributed by atoms with Gasteiger partial charge in [-0.05, 0) is 20.3 Å². The maximum absolute atomic E-state index is 11.3. The highest BCUT2D eigenvalue weighted by molar-refractivity contribution is 5.87. The highest BCUT2D eigenvalue weighted by Crippen LogP contribution is 2.14. The van der Waals surface area contributed by atoms with Crippen molar-refractivity contribution in [3.8, 4) is 0 Å². The molecule has 0 amide bonds. The van der Waals surface area contributed by atoms with Gasteiger partial charge in [0.15, 0.2) is 5.69 Å². The van der Waals surface area contributed by atoms with E-state index in [2.05, 4.69) is 10.3 Å². The van der Waals surface area contributed by atoms with E-state index in [9.17, 15) is 9.90 Å². The van der Waals surface area contributed by atoms with Crippen molar-refractivity contribution in [1.29, 1.82) is 0 Å². The molecule has 0 spiro atoms. The number of aromatic nitrogens is 1. The zero-order valence-electron chi connectivity index (χ0n) is 11.0. The summed E-state index contributed by atoms with van der Waals surface area (Å²) in [4.78, 5) is 15.3. The largest absolute Gasteiger partial charge is 0.461 e. The summed E-state index contributed by atoms with van der Waals surface area (Å²) in [5.41, 5.74) is -0.706. The number of carbonyl (C=O) groups excluding carboxylic acids is 1. The summed E-state index contributed by atoms with van der Waals surface area (Å²) in [6.07, 6.45) is 2.79. The molecule has 1 rings (SSSR count). The molecule has 0 fully saturated rings. The van der Waals surface area contributed by atoms with Crippen molar-refractivity contribution >= 4 is 12.0 Å². The number of oxazole rings is 1. The standard InChI is InChI=1S/C12H20N2O4/c1-4-6-12(3,16)8-13-11-14-9(7-18-11)10(15)17-5-2/h7,16H,4-6,8H2,1-3H3,(H,13,14). The average molecular weight is 256 g/mol. The predicted octanol–water partition coefficient (Wildman–Crippen LogP) is 1.81. The lowest BCUT2D eigenvalue weighted by molar-refractivity contribution is 0.0519. The van der Waals surface area contributed by atoms with Crippen molar-refractivity contribution in [2.24, 2.45) is 0 Å². The van der Waals surface area contributed by atoms with Crippen molar-refractivity contribution in [2.75, 3.05) is 18.5 Å². The molecule has 0 aliphatic rings. The first-order valence-corrected chi connectivity index (χ1v) is 6.07. The van der Waals surface area contributed by atoms with E-state index in [1.54, 1.807) is 13.8 Å². The monoisotopic (exact) mass is 256 g/mol. The second-order valence-electron chi connectivity index (χ2n) is 4.36. The Morgan fingerprint density at radius 1 is 1.61 bits per heavy atom. The van der Waals surface area contributed by atoms with Crippen LogP contribution in [0.1, 0.15) is 44.1 Å². The van der Waals surface area contributed by atoms with Gasteiger partial charge in [-0.15, -0.1) is 0 Å². The highest BCUT2D eigenvalue weighted by Gasteiger charge is 2.20. The Hall–Kier alpha value is -1.56. The van der Waals surface area contributed by atoms with Crippen LogP contribution in [0.4, 0.5) is 6.01 Å². The molecule has 0 aliphatic carbocycles. The Labute approximate surface area is 106 Å². The van der Waals surface area contributed by atoms with Gasteiger partial charge in [-0.2, -0.15) is 4.98 Å². The van der Waals surface area contributed by atoms with E-state index in [1.807, 2.05) is 6.92 Å². The summed E-state index contributed by atoms with van der Waals surface area (Å²) < 4.78 is 9.86. The Balaban J connectivity index is 2.51. The molecule has 1 aromatic rings. The van der Waals surface area contributed by atoms with E-state index in [-0.39, 0.29) is 11.7 Å². The Morgan fingerprint density at radius 3 is 2.94 bits per heavy atom. The van der Waals surface area contributed by atoms with Gasteiger partial charge in [-0.1, -0.05) is 13.3 Å². The van der Waals surface area contributed by atoms with Crippen LogP contribution < -0.4 is 5.32 Å². The molecular weight excluding hydrogens is 236 g/mol. The van der Waals surface area contributed by atoms with Gasteiger partial charge in [0.25, 0.3) is 6.01 Å². The molecule has 0 aliphatic heterocycles. The zero-order chi connectivity index (χ0) is 13.6. The topological polar surface area (TPSA) is 84.6 Å². The SMILES string of the molecule is CCCC(C)(O)CNc1nc(C(=O)OCC)co1. The number of hydrogen-bond donors (Lipinski definition) is 2. The molecule has 0 aromatic carbocycles. The van der Waals surface area contributed by atoms with Crippen molar-refractivity contribution in [1.82, 2.24) is 4.98 Å². The first-order chi connectivity index (χ1) is 8.48. The van der Waals surface area contributed by atoms with Crippen LogP contribution in [0.2, 0.25) is 0 Å². The van der Waals surface area contributed by atoms with Gasteiger partial charge in [0.1, 0.15) is 6.26 Å². The zero-order valence-corrected chi connectivity index (χ0v) is 11.0. The van der Waals surface area contributed by atoms with Crippen LogP contribution in [-0.2, 0) is 4.74 Å². The fourth-order valence-electron chi connectivity index (χ4n) is 1.55. The van der Waals surface area contributed by atoms with Gasteiger partial charge in [-0.25, -0.2) is 4.79 Å². The minimum Gasteiger partial charge on any atom is -0.461 e. The summed E-state index contributed by atoms with van der Waals surface area (Å²) in [6.45, 7) is 6.06. The van der Waals surface area contributed by atoms with Crippen LogP contribution in [0, 0.1) is 0 Å². The number of anilines is 1. The normalized spacial score (nSPS) is 14.0. The van der Waals surface area contributed by atoms with E-state index in [4.69, 9.17) is 9.15 Å². The number of carbonyl (C=O) groups is 1. The maximum atomic E-state index is 11.3. The lowest BCUT2D eigenvalue weighted by Gasteiger charge is -2.22. The number of hydrogen-bond acceptors (Lipinski definition) is 6. The lowest BCUT2D eigenvalue weighted by atomic mass is 10.0. The van der Waals surface area contributed by atoms with E-state index >= 15 is 0 Å². The average Bonchev–Trinajstić information content (AvgIpc) is 2.75. The minimum atomic E-state index is -0.826. The summed E-state index contributed by atoms with van der Waals surface area (Å²) in [5, 5.41) is 12.8. The van der Waals surface area contributed by atoms with Gasteiger partial charge in [0, 0.05) is 6.54 Å². The van der Waals surface area contributed by atoms with Crippen molar-refractivity contribution in [2.45, 2.75) is 39.2 Å². The Kier molecular flexibility index (Phi) is 5.15. The molecule has 0 bridgehead atoms. The fourth-order valence-corrected chi connectivity index (χ4v) is 1.55. The number of rotatable bonds is 7. The molecule has 0 saturated carbocycles. The van der Waals surface area contributed by atoms with Crippen LogP contribution >= 0.6 is 0 Å². The predicted molar refractivity (Wildman–Crippen MR) is 66.5 cm³/mol. The molecule has 1 heterocycles. The van der Waals surface area contributed by atoms with Crippen LogP contribution in [0.5, 0.6) is 0 Å². The quantitative estimate of drug-likeness (QED) is 0.724. The van der Waals surface area contributed by atoms with Crippen LogP contribution in [0.25, 0.3) is 0 Å². The highest BCUT2D eigenvalue weighted by atomic mass is 16.5. The third-order valence-corrected chi connectivity index (χ3v) is 2.40. The molecule has 0 radical (unpaired) electrons. The molecule has 2 N–H and O–H groups in total. The van der Waals surface area contributed by atoms with Crippen LogP contribution in [0.15, 0.2) is 10.7 Å². The number of ether oxygens (including phenoxy) is 1. The second kappa shape index (κ2) is 6.39. The maximum Gasteiger partial charge on any atom is 0.360 e. The molecule has 6 heteroatoms. The smallest absolute Gasteiger partial charge is 0.360 e. The van der Waals surface area contributed by atoms with E-state index in [1.165, 1.54) is 6.26 Å². The minimum absolute atomic E-state index is 0.120. The fraction of sp³-hybridized carbons (Fsp3) is 0.667. The Morgan fingerprint density at radius 2 is 2.33 bits per heavy atom. The lowest BCUT2D eigenvalue weighted by Crippen LogP contribution is -2.33. The first kappa shape index (κ1) is 14.5. The van der Waals surface area contributed by atoms with E-state index in [0.29, 0.717) is 19.6 Å². The first-order valence-electron chi connectivity index (χ1n) is 6.07. The second-order valence-corrected chi connectivity index (χ2v) is 4.36. The van der Waals surface area contributed by atoms with Crippen molar-refractivity contribution < 1.29 is 19.1 Å².